The second-order valence-corrected chi connectivity index (χ2v) is 8.08. The van der Waals surface area contributed by atoms with E-state index in [9.17, 15) is 8.42 Å². The average molecular weight is 317 g/mol. The molecule has 0 saturated carbocycles. The van der Waals surface area contributed by atoms with Crippen LogP contribution in [0.3, 0.4) is 0 Å². The third kappa shape index (κ3) is 2.21. The Morgan fingerprint density at radius 2 is 2.18 bits per heavy atom. The van der Waals surface area contributed by atoms with Crippen LogP contribution in [0.1, 0.15) is 12.1 Å². The van der Waals surface area contributed by atoms with E-state index in [4.69, 9.17) is 0 Å². The number of aryl methyl sites for hydroxylation is 1. The van der Waals surface area contributed by atoms with Crippen LogP contribution in [-0.4, -0.2) is 36.0 Å². The number of H-pyrrole nitrogens is 1. The topological polar surface area (TPSA) is 79.0 Å². The minimum absolute atomic E-state index is 0.0663. The first kappa shape index (κ1) is 13.5. The summed E-state index contributed by atoms with van der Waals surface area (Å²) < 4.78 is 25.2. The summed E-state index contributed by atoms with van der Waals surface area (Å²) in [4.78, 5) is 4.66. The molecule has 4 rings (SSSR count). The summed E-state index contributed by atoms with van der Waals surface area (Å²) in [6.45, 7) is 1.99. The zero-order valence-corrected chi connectivity index (χ0v) is 13.0. The number of sulfone groups is 1. The second kappa shape index (κ2) is 4.67. The average Bonchev–Trinajstić information content (AvgIpc) is 3.01. The molecule has 0 radical (unpaired) electrons. The lowest BCUT2D eigenvalue weighted by molar-refractivity contribution is -0.551. The predicted octanol–water partition coefficient (Wildman–Crippen LogP) is 1.21. The van der Waals surface area contributed by atoms with Gasteiger partial charge in [-0.05, 0) is 30.5 Å². The Morgan fingerprint density at radius 3 is 2.95 bits per heavy atom. The molecule has 114 valence electrons. The first-order valence-electron chi connectivity index (χ1n) is 7.29. The summed E-state index contributed by atoms with van der Waals surface area (Å²) in [7, 11) is -2.91. The van der Waals surface area contributed by atoms with Crippen molar-refractivity contribution in [1.82, 2.24) is 10.1 Å². The molecule has 0 unspecified atom stereocenters. The molecular formula is C15H17N4O2S+. The van der Waals surface area contributed by atoms with Gasteiger partial charge in [0.2, 0.25) is 0 Å². The van der Waals surface area contributed by atoms with Gasteiger partial charge in [0.05, 0.1) is 28.7 Å². The van der Waals surface area contributed by atoms with E-state index in [2.05, 4.69) is 15.4 Å². The fraction of sp³-hybridized carbons (Fsp3) is 0.333. The Hall–Kier alpha value is -2.15. The van der Waals surface area contributed by atoms with Gasteiger partial charge in [-0.2, -0.15) is 0 Å². The molecule has 0 spiro atoms. The molecule has 22 heavy (non-hydrogen) atoms. The van der Waals surface area contributed by atoms with Crippen LogP contribution in [0.15, 0.2) is 30.3 Å². The number of fused-ring (bicyclic) bond motifs is 3. The van der Waals surface area contributed by atoms with Crippen LogP contribution in [0.25, 0.3) is 16.6 Å². The molecule has 0 bridgehead atoms. The normalized spacial score (nSPS) is 20.7. The molecular weight excluding hydrogens is 300 g/mol. The maximum absolute atomic E-state index is 11.6. The highest BCUT2D eigenvalue weighted by Gasteiger charge is 2.30. The molecule has 3 heterocycles. The molecule has 1 aliphatic rings. The van der Waals surface area contributed by atoms with Crippen molar-refractivity contribution in [3.63, 3.8) is 0 Å². The fourth-order valence-electron chi connectivity index (χ4n) is 3.05. The highest BCUT2D eigenvalue weighted by Crippen LogP contribution is 2.23. The second-order valence-electron chi connectivity index (χ2n) is 5.85. The Kier molecular flexibility index (Phi) is 2.87. The Morgan fingerprint density at radius 1 is 1.36 bits per heavy atom. The van der Waals surface area contributed by atoms with Crippen LogP contribution in [0.4, 0.5) is 5.82 Å². The van der Waals surface area contributed by atoms with E-state index in [1.165, 1.54) is 0 Å². The fourth-order valence-corrected chi connectivity index (χ4v) is 4.72. The Labute approximate surface area is 128 Å². The highest BCUT2D eigenvalue weighted by atomic mass is 32.2. The summed E-state index contributed by atoms with van der Waals surface area (Å²) >= 11 is 0. The standard InChI is InChI=1S/C15H16N4O2S/c1-10-8-14-17-15(16-11-6-7-22(20,21)9-11)12-4-2-3-5-13(12)19(14)18-10/h2-5,8,11H,6-7,9H2,1H3,(H,16,17,18)/p+1/t11-/m0/s1. The van der Waals surface area contributed by atoms with Crippen molar-refractivity contribution < 1.29 is 12.9 Å². The number of rotatable bonds is 2. The van der Waals surface area contributed by atoms with Crippen molar-refractivity contribution in [3.05, 3.63) is 36.0 Å². The molecule has 2 N–H and O–H groups in total. The zero-order valence-electron chi connectivity index (χ0n) is 12.2. The number of para-hydroxylation sites is 1. The minimum atomic E-state index is -2.91. The molecule has 6 nitrogen and oxygen atoms in total. The van der Waals surface area contributed by atoms with Gasteiger partial charge in [-0.25, -0.2) is 13.5 Å². The molecule has 1 saturated heterocycles. The number of benzene rings is 1. The van der Waals surface area contributed by atoms with Crippen LogP contribution < -0.4 is 9.83 Å². The van der Waals surface area contributed by atoms with Crippen LogP contribution >= 0.6 is 0 Å². The van der Waals surface area contributed by atoms with Gasteiger partial charge in [0.25, 0.3) is 5.82 Å². The maximum Gasteiger partial charge on any atom is 0.351 e. The lowest BCUT2D eigenvalue weighted by atomic mass is 10.2. The van der Waals surface area contributed by atoms with Gasteiger partial charge in [-0.1, -0.05) is 12.1 Å². The van der Waals surface area contributed by atoms with E-state index in [1.54, 1.807) is 0 Å². The number of aromatic nitrogens is 3. The number of hydrogen-bond acceptors (Lipinski definition) is 4. The molecule has 7 heteroatoms. The quantitative estimate of drug-likeness (QED) is 0.696. The van der Waals surface area contributed by atoms with Crippen molar-refractivity contribution in [2.45, 2.75) is 19.4 Å². The minimum Gasteiger partial charge on any atom is -0.345 e. The van der Waals surface area contributed by atoms with Gasteiger partial charge in [-0.3, -0.25) is 0 Å². The monoisotopic (exact) mass is 317 g/mol. The van der Waals surface area contributed by atoms with Gasteiger partial charge in [0.1, 0.15) is 0 Å². The van der Waals surface area contributed by atoms with Crippen LogP contribution in [0.2, 0.25) is 0 Å². The van der Waals surface area contributed by atoms with Gasteiger partial charge in [0.15, 0.2) is 15.4 Å². The van der Waals surface area contributed by atoms with E-state index in [-0.39, 0.29) is 17.5 Å². The molecule has 1 atom stereocenters. The Bertz CT molecular complexity index is 978. The molecule has 3 aromatic rings. The number of nitrogens with one attached hydrogen (secondary N) is 2. The van der Waals surface area contributed by atoms with Gasteiger partial charge < -0.3 is 5.32 Å². The van der Waals surface area contributed by atoms with Crippen molar-refractivity contribution in [1.29, 1.82) is 0 Å². The highest BCUT2D eigenvalue weighted by molar-refractivity contribution is 7.91. The molecule has 0 amide bonds. The first-order chi connectivity index (χ1) is 10.5. The third-order valence-corrected chi connectivity index (χ3v) is 5.83. The van der Waals surface area contributed by atoms with Crippen molar-refractivity contribution in [3.8, 4) is 0 Å². The molecule has 1 fully saturated rings. The molecule has 2 aromatic heterocycles. The summed E-state index contributed by atoms with van der Waals surface area (Å²) in [6, 6.07) is 9.87. The van der Waals surface area contributed by atoms with Crippen LogP contribution in [0, 0.1) is 6.92 Å². The largest absolute Gasteiger partial charge is 0.351 e. The summed E-state index contributed by atoms with van der Waals surface area (Å²) in [5, 5.41) is 7.57. The number of aromatic amines is 1. The predicted molar refractivity (Wildman–Crippen MR) is 84.7 cm³/mol. The maximum atomic E-state index is 11.6. The Balaban J connectivity index is 1.85. The number of anilines is 1. The van der Waals surface area contributed by atoms with Crippen LogP contribution in [0.5, 0.6) is 0 Å². The van der Waals surface area contributed by atoms with E-state index < -0.39 is 9.84 Å². The first-order valence-corrected chi connectivity index (χ1v) is 9.11. The molecule has 1 aromatic carbocycles. The SMILES string of the molecule is Cc1cc2nc(N[C@H]3CCS(=O)(=O)C3)c3ccccc3[n+]2[nH]1. The summed E-state index contributed by atoms with van der Waals surface area (Å²) in [5.41, 5.74) is 2.86. The van der Waals surface area contributed by atoms with E-state index >= 15 is 0 Å². The van der Waals surface area contributed by atoms with E-state index in [0.29, 0.717) is 6.42 Å². The van der Waals surface area contributed by atoms with E-state index in [0.717, 1.165) is 28.1 Å². The van der Waals surface area contributed by atoms with Gasteiger partial charge >= 0.3 is 5.65 Å². The van der Waals surface area contributed by atoms with Gasteiger partial charge in [-0.15, -0.1) is 4.52 Å². The lowest BCUT2D eigenvalue weighted by Crippen LogP contribution is -2.28. The molecule has 1 aliphatic heterocycles. The number of hydrogen-bond donors (Lipinski definition) is 2. The van der Waals surface area contributed by atoms with Crippen molar-refractivity contribution in [2.24, 2.45) is 0 Å². The van der Waals surface area contributed by atoms with Crippen LogP contribution in [-0.2, 0) is 9.84 Å². The molecule has 0 aliphatic carbocycles. The zero-order chi connectivity index (χ0) is 15.3. The summed E-state index contributed by atoms with van der Waals surface area (Å²) in [6.07, 6.45) is 0.635. The smallest absolute Gasteiger partial charge is 0.345 e. The van der Waals surface area contributed by atoms with E-state index in [1.807, 2.05) is 41.8 Å². The third-order valence-electron chi connectivity index (χ3n) is 4.06. The van der Waals surface area contributed by atoms with Crippen molar-refractivity contribution in [2.75, 3.05) is 16.8 Å². The number of nitrogens with zero attached hydrogens (tertiary/aromatic N) is 2. The van der Waals surface area contributed by atoms with Crippen molar-refractivity contribution >= 4 is 32.2 Å². The van der Waals surface area contributed by atoms with Gasteiger partial charge in [0, 0.05) is 6.04 Å². The summed E-state index contributed by atoms with van der Waals surface area (Å²) in [5.74, 6) is 1.18. The lowest BCUT2D eigenvalue weighted by Gasteiger charge is -2.09.